The lowest BCUT2D eigenvalue weighted by atomic mass is 9.92. The molecule has 29 heavy (non-hydrogen) atoms. The van der Waals surface area contributed by atoms with Crippen molar-refractivity contribution < 1.29 is 9.53 Å². The number of ether oxygens (including phenoxy) is 1. The van der Waals surface area contributed by atoms with Crippen LogP contribution in [0.15, 0.2) is 24.5 Å². The maximum atomic E-state index is 13.0. The molecule has 1 aliphatic carbocycles. The van der Waals surface area contributed by atoms with Crippen LogP contribution in [0.2, 0.25) is 0 Å². The van der Waals surface area contributed by atoms with Crippen LogP contribution in [0, 0.1) is 5.92 Å². The fourth-order valence-electron chi connectivity index (χ4n) is 4.40. The third-order valence-electron chi connectivity index (χ3n) is 6.41. The molecule has 1 amide bonds. The Bertz CT molecular complexity index is 914. The van der Waals surface area contributed by atoms with Gasteiger partial charge < -0.3 is 15.0 Å². The number of rotatable bonds is 6. The number of nitrogens with one attached hydrogen (secondary N) is 1. The summed E-state index contributed by atoms with van der Waals surface area (Å²) >= 11 is 0. The third-order valence-corrected chi connectivity index (χ3v) is 6.41. The number of anilines is 1. The lowest BCUT2D eigenvalue weighted by Crippen LogP contribution is -2.43. The first-order valence-electron chi connectivity index (χ1n) is 11.0. The molecule has 2 aromatic rings. The van der Waals surface area contributed by atoms with Crippen molar-refractivity contribution in [2.45, 2.75) is 58.0 Å². The van der Waals surface area contributed by atoms with Crippen LogP contribution < -0.4 is 15.0 Å². The summed E-state index contributed by atoms with van der Waals surface area (Å²) in [7, 11) is 0. The van der Waals surface area contributed by atoms with Crippen LogP contribution in [0.5, 0.6) is 5.75 Å². The van der Waals surface area contributed by atoms with Gasteiger partial charge in [0.05, 0.1) is 24.5 Å². The van der Waals surface area contributed by atoms with E-state index >= 15 is 0 Å². The summed E-state index contributed by atoms with van der Waals surface area (Å²) in [6.45, 7) is 6.92. The van der Waals surface area contributed by atoms with E-state index in [1.807, 2.05) is 11.1 Å². The molecule has 6 heteroatoms. The van der Waals surface area contributed by atoms with E-state index in [1.165, 1.54) is 5.56 Å². The van der Waals surface area contributed by atoms with Crippen LogP contribution in [0.3, 0.4) is 0 Å². The van der Waals surface area contributed by atoms with Gasteiger partial charge in [-0.15, -0.1) is 0 Å². The van der Waals surface area contributed by atoms with Crippen LogP contribution in [0.4, 0.5) is 5.69 Å². The summed E-state index contributed by atoms with van der Waals surface area (Å²) in [5.74, 6) is 1.45. The number of hydrogen-bond donors (Lipinski definition) is 1. The second kappa shape index (κ2) is 7.48. The van der Waals surface area contributed by atoms with E-state index in [4.69, 9.17) is 4.74 Å². The molecule has 0 bridgehead atoms. The number of nitrogens with zero attached hydrogens (tertiary/aromatic N) is 3. The molecule has 3 heterocycles. The van der Waals surface area contributed by atoms with E-state index in [0.29, 0.717) is 12.6 Å². The fraction of sp³-hybridized carbons (Fsp3) is 0.565. The van der Waals surface area contributed by atoms with Crippen molar-refractivity contribution in [2.24, 2.45) is 5.92 Å². The number of aromatic nitrogens is 2. The highest BCUT2D eigenvalue weighted by Gasteiger charge is 2.39. The van der Waals surface area contributed by atoms with Crippen molar-refractivity contribution >= 4 is 11.6 Å². The Kier molecular flexibility index (Phi) is 4.82. The molecule has 1 saturated heterocycles. The molecule has 3 aliphatic rings. The van der Waals surface area contributed by atoms with E-state index in [-0.39, 0.29) is 17.9 Å². The first-order chi connectivity index (χ1) is 14.2. The summed E-state index contributed by atoms with van der Waals surface area (Å²) in [6, 6.07) is 4.93. The SMILES string of the molecule is CCCOc1c(-c2cnn(C3CNC3)c2)ccc2c1CC[C@H](C)N2C(=O)C1CC1. The molecule has 0 unspecified atom stereocenters. The van der Waals surface area contributed by atoms with Crippen molar-refractivity contribution in [1.82, 2.24) is 15.1 Å². The van der Waals surface area contributed by atoms with Crippen LogP contribution in [0.1, 0.15) is 51.1 Å². The minimum atomic E-state index is 0.220. The smallest absolute Gasteiger partial charge is 0.230 e. The van der Waals surface area contributed by atoms with E-state index in [1.54, 1.807) is 0 Å². The van der Waals surface area contributed by atoms with Gasteiger partial charge in [0.1, 0.15) is 5.75 Å². The van der Waals surface area contributed by atoms with E-state index in [2.05, 4.69) is 47.3 Å². The number of carbonyl (C=O) groups excluding carboxylic acids is 1. The first-order valence-corrected chi connectivity index (χ1v) is 11.0. The van der Waals surface area contributed by atoms with Crippen molar-refractivity contribution in [1.29, 1.82) is 0 Å². The summed E-state index contributed by atoms with van der Waals surface area (Å²) in [6.07, 6.45) is 9.01. The average molecular weight is 395 g/mol. The van der Waals surface area contributed by atoms with Gasteiger partial charge in [-0.1, -0.05) is 6.92 Å². The van der Waals surface area contributed by atoms with Gasteiger partial charge in [-0.25, -0.2) is 0 Å². The molecule has 0 spiro atoms. The van der Waals surface area contributed by atoms with Crippen LogP contribution >= 0.6 is 0 Å². The molecular weight excluding hydrogens is 364 g/mol. The molecule has 6 nitrogen and oxygen atoms in total. The Hall–Kier alpha value is -2.34. The van der Waals surface area contributed by atoms with Crippen molar-refractivity contribution in [2.75, 3.05) is 24.6 Å². The highest BCUT2D eigenvalue weighted by Crippen LogP contribution is 2.45. The summed E-state index contributed by atoms with van der Waals surface area (Å²) in [5.41, 5.74) is 4.40. The van der Waals surface area contributed by atoms with Gasteiger partial charge in [-0.05, 0) is 51.2 Å². The van der Waals surface area contributed by atoms with Gasteiger partial charge in [0.2, 0.25) is 5.91 Å². The first kappa shape index (κ1) is 18.7. The van der Waals surface area contributed by atoms with E-state index in [0.717, 1.165) is 67.8 Å². The Balaban J connectivity index is 1.55. The lowest BCUT2D eigenvalue weighted by Gasteiger charge is -2.36. The monoisotopic (exact) mass is 394 g/mol. The molecule has 1 aromatic heterocycles. The lowest BCUT2D eigenvalue weighted by molar-refractivity contribution is -0.120. The van der Waals surface area contributed by atoms with Gasteiger partial charge in [0.15, 0.2) is 0 Å². The Morgan fingerprint density at radius 2 is 2.10 bits per heavy atom. The standard InChI is InChI=1S/C23H30N4O2/c1-3-10-29-22-19(17-11-25-26(14-17)18-12-24-13-18)8-9-21-20(22)7-4-15(2)27(21)23(28)16-5-6-16/h8-9,11,14-16,18,24H,3-7,10,12-13H2,1-2H3/t15-/m0/s1. The largest absolute Gasteiger partial charge is 0.493 e. The summed E-state index contributed by atoms with van der Waals surface area (Å²) < 4.78 is 8.36. The van der Waals surface area contributed by atoms with Crippen molar-refractivity contribution in [3.63, 3.8) is 0 Å². The highest BCUT2D eigenvalue weighted by atomic mass is 16.5. The molecule has 2 aliphatic heterocycles. The van der Waals surface area contributed by atoms with Crippen molar-refractivity contribution in [3.8, 4) is 16.9 Å². The Morgan fingerprint density at radius 1 is 1.28 bits per heavy atom. The van der Waals surface area contributed by atoms with Crippen LogP contribution in [-0.2, 0) is 11.2 Å². The van der Waals surface area contributed by atoms with Gasteiger partial charge in [0.25, 0.3) is 0 Å². The van der Waals surface area contributed by atoms with Crippen LogP contribution in [-0.4, -0.2) is 41.4 Å². The zero-order valence-electron chi connectivity index (χ0n) is 17.4. The maximum Gasteiger partial charge on any atom is 0.230 e. The molecule has 2 fully saturated rings. The van der Waals surface area contributed by atoms with Gasteiger partial charge in [-0.3, -0.25) is 9.48 Å². The fourth-order valence-corrected chi connectivity index (χ4v) is 4.40. The second-order valence-electron chi connectivity index (χ2n) is 8.68. The number of fused-ring (bicyclic) bond motifs is 1. The van der Waals surface area contributed by atoms with Gasteiger partial charge in [0, 0.05) is 47.9 Å². The van der Waals surface area contributed by atoms with Crippen LogP contribution in [0.25, 0.3) is 11.1 Å². The third kappa shape index (κ3) is 3.33. The predicted octanol–water partition coefficient (Wildman–Crippen LogP) is 3.56. The summed E-state index contributed by atoms with van der Waals surface area (Å²) in [4.78, 5) is 15.0. The van der Waals surface area contributed by atoms with Gasteiger partial charge >= 0.3 is 0 Å². The number of amides is 1. The minimum absolute atomic E-state index is 0.220. The zero-order chi connectivity index (χ0) is 20.0. The quantitative estimate of drug-likeness (QED) is 0.814. The zero-order valence-corrected chi connectivity index (χ0v) is 17.4. The topological polar surface area (TPSA) is 59.4 Å². The number of benzene rings is 1. The minimum Gasteiger partial charge on any atom is -0.493 e. The highest BCUT2D eigenvalue weighted by molar-refractivity contribution is 5.99. The van der Waals surface area contributed by atoms with Crippen molar-refractivity contribution in [3.05, 3.63) is 30.1 Å². The summed E-state index contributed by atoms with van der Waals surface area (Å²) in [5, 5.41) is 7.89. The molecule has 1 saturated carbocycles. The second-order valence-corrected chi connectivity index (χ2v) is 8.68. The maximum absolute atomic E-state index is 13.0. The molecule has 154 valence electrons. The molecule has 1 atom stereocenters. The normalized spacial score (nSPS) is 21.6. The number of hydrogen-bond acceptors (Lipinski definition) is 4. The Labute approximate surface area is 172 Å². The molecular formula is C23H30N4O2. The number of carbonyl (C=O) groups is 1. The van der Waals surface area contributed by atoms with E-state index < -0.39 is 0 Å². The molecule has 5 rings (SSSR count). The van der Waals surface area contributed by atoms with Gasteiger partial charge in [-0.2, -0.15) is 5.10 Å². The Morgan fingerprint density at radius 3 is 2.79 bits per heavy atom. The average Bonchev–Trinajstić information content (AvgIpc) is 3.43. The predicted molar refractivity (Wildman–Crippen MR) is 113 cm³/mol. The molecule has 0 radical (unpaired) electrons. The van der Waals surface area contributed by atoms with E-state index in [9.17, 15) is 4.79 Å². The molecule has 1 N–H and O–H groups in total. The molecule has 1 aromatic carbocycles.